The molecule has 1 heteroatoms. The van der Waals surface area contributed by atoms with Gasteiger partial charge in [-0.25, -0.2) is 0 Å². The molecule has 0 heterocycles. The Morgan fingerprint density at radius 3 is 1.26 bits per heavy atom. The first-order valence-corrected chi connectivity index (χ1v) is 8.08. The molecule has 0 nitrogen and oxygen atoms in total. The van der Waals surface area contributed by atoms with Crippen LogP contribution in [0.4, 0.5) is 0 Å². The molecule has 96 valence electrons. The van der Waals surface area contributed by atoms with Gasteiger partial charge in [-0.05, 0) is 72.9 Å². The quantitative estimate of drug-likeness (QED) is 0.695. The van der Waals surface area contributed by atoms with Crippen LogP contribution in [0.15, 0.2) is 58.3 Å². The maximum atomic E-state index is 2.30. The van der Waals surface area contributed by atoms with Crippen LogP contribution < -0.4 is 0 Å². The zero-order valence-electron chi connectivity index (χ0n) is 11.0. The van der Waals surface area contributed by atoms with E-state index in [0.717, 1.165) is 11.8 Å². The van der Waals surface area contributed by atoms with E-state index in [0.29, 0.717) is 0 Å². The molecule has 4 rings (SSSR count). The van der Waals surface area contributed by atoms with Gasteiger partial charge in [-0.2, -0.15) is 0 Å². The molecular weight excluding hydrogens is 248 g/mol. The minimum absolute atomic E-state index is 0.858. The van der Waals surface area contributed by atoms with E-state index in [1.54, 1.807) is 0 Å². The molecular formula is C18H18S. The van der Waals surface area contributed by atoms with Crippen LogP contribution >= 0.6 is 11.8 Å². The second kappa shape index (κ2) is 4.72. The van der Waals surface area contributed by atoms with E-state index in [4.69, 9.17) is 0 Å². The predicted molar refractivity (Wildman–Crippen MR) is 81.0 cm³/mol. The van der Waals surface area contributed by atoms with Crippen molar-refractivity contribution in [2.24, 2.45) is 0 Å². The smallest absolute Gasteiger partial charge is 0.0122 e. The summed E-state index contributed by atoms with van der Waals surface area (Å²) in [4.78, 5) is 2.70. The average Bonchev–Trinajstić information content (AvgIpc) is 3.31. The van der Waals surface area contributed by atoms with Gasteiger partial charge >= 0.3 is 0 Å². The molecule has 0 aromatic heterocycles. The number of hydrogen-bond acceptors (Lipinski definition) is 1. The van der Waals surface area contributed by atoms with E-state index in [-0.39, 0.29) is 0 Å². The van der Waals surface area contributed by atoms with E-state index < -0.39 is 0 Å². The third-order valence-corrected chi connectivity index (χ3v) is 5.11. The summed E-state index contributed by atoms with van der Waals surface area (Å²) in [6.45, 7) is 0. The maximum Gasteiger partial charge on any atom is 0.0122 e. The van der Waals surface area contributed by atoms with Gasteiger partial charge in [0.1, 0.15) is 0 Å². The summed E-state index contributed by atoms with van der Waals surface area (Å²) in [5, 5.41) is 0. The minimum atomic E-state index is 0.858. The first-order valence-electron chi connectivity index (χ1n) is 7.26. The second-order valence-electron chi connectivity index (χ2n) is 5.79. The highest BCUT2D eigenvalue weighted by molar-refractivity contribution is 7.99. The molecule has 19 heavy (non-hydrogen) atoms. The highest BCUT2D eigenvalue weighted by atomic mass is 32.2. The molecule has 0 bridgehead atoms. The third-order valence-electron chi connectivity index (χ3n) is 4.09. The Labute approximate surface area is 119 Å². The molecule has 2 aliphatic rings. The largest absolute Gasteiger partial charge is 0.0901 e. The van der Waals surface area contributed by atoms with Gasteiger partial charge in [0.05, 0.1) is 0 Å². The molecule has 0 aliphatic heterocycles. The topological polar surface area (TPSA) is 0 Å². The third kappa shape index (κ3) is 2.71. The van der Waals surface area contributed by atoms with Crippen LogP contribution in [-0.2, 0) is 0 Å². The fourth-order valence-corrected chi connectivity index (χ4v) is 3.40. The predicted octanol–water partition coefficient (Wildman–Crippen LogP) is 5.59. The van der Waals surface area contributed by atoms with Gasteiger partial charge < -0.3 is 0 Å². The van der Waals surface area contributed by atoms with Crippen LogP contribution in [-0.4, -0.2) is 0 Å². The van der Waals surface area contributed by atoms with Crippen molar-refractivity contribution in [2.45, 2.75) is 47.3 Å². The van der Waals surface area contributed by atoms with E-state index in [2.05, 4.69) is 48.5 Å². The van der Waals surface area contributed by atoms with E-state index >= 15 is 0 Å². The van der Waals surface area contributed by atoms with Crippen molar-refractivity contribution in [3.05, 3.63) is 59.7 Å². The second-order valence-corrected chi connectivity index (χ2v) is 6.94. The average molecular weight is 266 g/mol. The van der Waals surface area contributed by atoms with Gasteiger partial charge in [-0.15, -0.1) is 0 Å². The van der Waals surface area contributed by atoms with Gasteiger partial charge in [-0.3, -0.25) is 0 Å². The lowest BCUT2D eigenvalue weighted by molar-refractivity contribution is 1.12. The van der Waals surface area contributed by atoms with Crippen molar-refractivity contribution in [1.29, 1.82) is 0 Å². The molecule has 2 aromatic carbocycles. The lowest BCUT2D eigenvalue weighted by Gasteiger charge is -2.04. The van der Waals surface area contributed by atoms with Crippen molar-refractivity contribution in [3.63, 3.8) is 0 Å². The molecule has 0 amide bonds. The summed E-state index contributed by atoms with van der Waals surface area (Å²) < 4.78 is 0. The zero-order valence-corrected chi connectivity index (χ0v) is 11.8. The molecule has 2 fully saturated rings. The van der Waals surface area contributed by atoms with Crippen LogP contribution in [0.5, 0.6) is 0 Å². The fourth-order valence-electron chi connectivity index (χ4n) is 2.59. The lowest BCUT2D eigenvalue weighted by Crippen LogP contribution is -1.81. The fraction of sp³-hybridized carbons (Fsp3) is 0.333. The highest BCUT2D eigenvalue weighted by Crippen LogP contribution is 2.42. The monoisotopic (exact) mass is 266 g/mol. The molecule has 0 unspecified atom stereocenters. The first-order chi connectivity index (χ1) is 9.38. The Kier molecular flexibility index (Phi) is 2.88. The first kappa shape index (κ1) is 11.6. The maximum absolute atomic E-state index is 2.30. The van der Waals surface area contributed by atoms with E-state index in [1.807, 2.05) is 11.8 Å². The van der Waals surface area contributed by atoms with Crippen molar-refractivity contribution >= 4 is 11.8 Å². The Hall–Kier alpha value is -1.21. The Bertz CT molecular complexity index is 506. The number of hydrogen-bond donors (Lipinski definition) is 0. The molecule has 0 spiro atoms. The van der Waals surface area contributed by atoms with Gasteiger partial charge in [0.2, 0.25) is 0 Å². The Morgan fingerprint density at radius 1 is 0.579 bits per heavy atom. The van der Waals surface area contributed by atoms with Crippen molar-refractivity contribution in [1.82, 2.24) is 0 Å². The normalized spacial score (nSPS) is 18.5. The summed E-state index contributed by atoms with van der Waals surface area (Å²) in [5.74, 6) is 1.72. The van der Waals surface area contributed by atoms with Crippen molar-refractivity contribution < 1.29 is 0 Å². The molecule has 2 aliphatic carbocycles. The SMILES string of the molecule is c1cc(C2CC2)ccc1Sc1ccc(C2CC2)cc1. The van der Waals surface area contributed by atoms with Crippen LogP contribution in [0.3, 0.4) is 0 Å². The Morgan fingerprint density at radius 2 is 0.947 bits per heavy atom. The van der Waals surface area contributed by atoms with Crippen LogP contribution in [0, 0.1) is 0 Å². The summed E-state index contributed by atoms with van der Waals surface area (Å²) in [6, 6.07) is 18.3. The zero-order chi connectivity index (χ0) is 12.7. The molecule has 0 radical (unpaired) electrons. The molecule has 2 saturated carbocycles. The van der Waals surface area contributed by atoms with Crippen LogP contribution in [0.25, 0.3) is 0 Å². The summed E-state index contributed by atoms with van der Waals surface area (Å²) in [7, 11) is 0. The minimum Gasteiger partial charge on any atom is -0.0901 e. The summed E-state index contributed by atoms with van der Waals surface area (Å²) >= 11 is 1.87. The summed E-state index contributed by atoms with van der Waals surface area (Å²) in [6.07, 6.45) is 5.54. The van der Waals surface area contributed by atoms with Gasteiger partial charge in [0.15, 0.2) is 0 Å². The van der Waals surface area contributed by atoms with Crippen molar-refractivity contribution in [3.8, 4) is 0 Å². The van der Waals surface area contributed by atoms with Crippen LogP contribution in [0.1, 0.15) is 48.6 Å². The van der Waals surface area contributed by atoms with Crippen molar-refractivity contribution in [2.75, 3.05) is 0 Å². The van der Waals surface area contributed by atoms with Gasteiger partial charge in [0.25, 0.3) is 0 Å². The van der Waals surface area contributed by atoms with Gasteiger partial charge in [-0.1, -0.05) is 36.0 Å². The summed E-state index contributed by atoms with van der Waals surface area (Å²) in [5.41, 5.74) is 3.04. The number of rotatable bonds is 4. The standard InChI is InChI=1S/C18H18S/c1-2-13(1)15-5-9-17(10-6-15)19-18-11-7-16(8-12-18)14-3-4-14/h5-14H,1-4H2. The highest BCUT2D eigenvalue weighted by Gasteiger charge is 2.23. The van der Waals surface area contributed by atoms with E-state index in [1.165, 1.54) is 46.6 Å². The molecule has 0 N–H and O–H groups in total. The van der Waals surface area contributed by atoms with E-state index in [9.17, 15) is 0 Å². The molecule has 0 atom stereocenters. The molecule has 2 aromatic rings. The lowest BCUT2D eigenvalue weighted by atomic mass is 10.1. The number of benzene rings is 2. The Balaban J connectivity index is 1.46. The molecule has 0 saturated heterocycles. The van der Waals surface area contributed by atoms with Crippen LogP contribution in [0.2, 0.25) is 0 Å². The van der Waals surface area contributed by atoms with Gasteiger partial charge in [0, 0.05) is 9.79 Å².